The van der Waals surface area contributed by atoms with Crippen molar-refractivity contribution < 1.29 is 17.9 Å². The molecule has 1 amide bonds. The van der Waals surface area contributed by atoms with Crippen molar-refractivity contribution in [1.82, 2.24) is 19.9 Å². The summed E-state index contributed by atoms with van der Waals surface area (Å²) in [5.41, 5.74) is 5.18. The lowest BCUT2D eigenvalue weighted by Crippen LogP contribution is -2.24. The molecule has 0 atom stereocenters. The molecule has 4 N–H and O–H groups in total. The number of aromatic nitrogens is 3. The Morgan fingerprint density at radius 3 is 2.81 bits per heavy atom. The van der Waals surface area contributed by atoms with Crippen molar-refractivity contribution in [3.8, 4) is 5.75 Å². The fourth-order valence-corrected chi connectivity index (χ4v) is 2.62. The molecule has 0 aliphatic carbocycles. The highest BCUT2D eigenvalue weighted by Crippen LogP contribution is 2.22. The van der Waals surface area contributed by atoms with Gasteiger partial charge in [-0.15, -0.1) is 0 Å². The molecule has 21 heavy (non-hydrogen) atoms. The minimum atomic E-state index is -3.82. The number of H-pyrrole nitrogens is 1. The molecule has 0 aliphatic rings. The van der Waals surface area contributed by atoms with Crippen LogP contribution in [0.1, 0.15) is 16.2 Å². The normalized spacial score (nSPS) is 11.3. The number of carbonyl (C=O) groups is 1. The Morgan fingerprint density at radius 1 is 1.48 bits per heavy atom. The second kappa shape index (κ2) is 5.89. The predicted molar refractivity (Wildman–Crippen MR) is 71.9 cm³/mol. The number of rotatable bonds is 6. The number of ether oxygens (including phenoxy) is 1. The van der Waals surface area contributed by atoms with Gasteiger partial charge in [-0.1, -0.05) is 0 Å². The molecule has 0 saturated heterocycles. The van der Waals surface area contributed by atoms with Gasteiger partial charge in [-0.25, -0.2) is 18.1 Å². The highest BCUT2D eigenvalue weighted by Gasteiger charge is 2.18. The maximum atomic E-state index is 12.1. The first-order valence-electron chi connectivity index (χ1n) is 5.76. The van der Waals surface area contributed by atoms with Crippen molar-refractivity contribution in [2.24, 2.45) is 5.73 Å². The van der Waals surface area contributed by atoms with Gasteiger partial charge in [-0.3, -0.25) is 9.89 Å². The number of nitrogens with one attached hydrogen (secondary N) is 2. The highest BCUT2D eigenvalue weighted by atomic mass is 32.2. The minimum Gasteiger partial charge on any atom is -0.496 e. The Labute approximate surface area is 120 Å². The van der Waals surface area contributed by atoms with Gasteiger partial charge in [0.1, 0.15) is 17.9 Å². The van der Waals surface area contributed by atoms with Gasteiger partial charge in [-0.2, -0.15) is 5.10 Å². The Bertz CT molecular complexity index is 742. The van der Waals surface area contributed by atoms with E-state index in [4.69, 9.17) is 10.5 Å². The van der Waals surface area contributed by atoms with Crippen molar-refractivity contribution in [3.05, 3.63) is 35.9 Å². The average molecular weight is 311 g/mol. The zero-order chi connectivity index (χ0) is 15.5. The first-order valence-corrected chi connectivity index (χ1v) is 7.24. The fraction of sp³-hybridized carbons (Fsp3) is 0.182. The number of hydrogen-bond donors (Lipinski definition) is 3. The van der Waals surface area contributed by atoms with Gasteiger partial charge in [0, 0.05) is 0 Å². The van der Waals surface area contributed by atoms with Crippen molar-refractivity contribution in [2.75, 3.05) is 7.11 Å². The lowest BCUT2D eigenvalue weighted by atomic mass is 10.2. The van der Waals surface area contributed by atoms with Crippen LogP contribution in [0.15, 0.2) is 29.4 Å². The summed E-state index contributed by atoms with van der Waals surface area (Å²) in [7, 11) is -2.46. The van der Waals surface area contributed by atoms with Crippen LogP contribution in [-0.4, -0.2) is 36.6 Å². The molecule has 0 bridgehead atoms. The number of sulfonamides is 1. The van der Waals surface area contributed by atoms with E-state index in [-0.39, 0.29) is 22.8 Å². The second-order valence-electron chi connectivity index (χ2n) is 3.98. The summed E-state index contributed by atoms with van der Waals surface area (Å²) in [5.74, 6) is -0.210. The van der Waals surface area contributed by atoms with E-state index in [0.29, 0.717) is 5.82 Å². The summed E-state index contributed by atoms with van der Waals surface area (Å²) in [5, 5.41) is 6.13. The van der Waals surface area contributed by atoms with Crippen molar-refractivity contribution in [1.29, 1.82) is 0 Å². The lowest BCUT2D eigenvalue weighted by Gasteiger charge is -2.09. The summed E-state index contributed by atoms with van der Waals surface area (Å²) < 4.78 is 31.6. The zero-order valence-corrected chi connectivity index (χ0v) is 11.8. The standard InChI is InChI=1S/C11H13N5O4S/c1-20-9-3-2-7(4-8(9)11(12)17)21(18,19)15-5-10-13-6-14-16-10/h2-4,6,15H,5H2,1H3,(H2,12,17)(H,13,14,16). The molecule has 10 heteroatoms. The van der Waals surface area contributed by atoms with Crippen LogP contribution in [0, 0.1) is 0 Å². The van der Waals surface area contributed by atoms with Gasteiger partial charge in [0.05, 0.1) is 24.1 Å². The molecule has 1 aromatic heterocycles. The van der Waals surface area contributed by atoms with Gasteiger partial charge >= 0.3 is 0 Å². The Kier molecular flexibility index (Phi) is 4.19. The van der Waals surface area contributed by atoms with E-state index >= 15 is 0 Å². The number of primary amides is 1. The largest absolute Gasteiger partial charge is 0.496 e. The molecule has 0 saturated carbocycles. The molecule has 0 aliphatic heterocycles. The number of benzene rings is 1. The second-order valence-corrected chi connectivity index (χ2v) is 5.75. The Balaban J connectivity index is 2.27. The van der Waals surface area contributed by atoms with E-state index in [1.165, 1.54) is 25.6 Å². The maximum absolute atomic E-state index is 12.1. The first kappa shape index (κ1) is 14.9. The fourth-order valence-electron chi connectivity index (χ4n) is 1.61. The van der Waals surface area contributed by atoms with Crippen molar-refractivity contribution >= 4 is 15.9 Å². The van der Waals surface area contributed by atoms with Gasteiger partial charge in [0.2, 0.25) is 10.0 Å². The van der Waals surface area contributed by atoms with Gasteiger partial charge < -0.3 is 10.5 Å². The molecule has 0 fully saturated rings. The van der Waals surface area contributed by atoms with Crippen molar-refractivity contribution in [2.45, 2.75) is 11.4 Å². The van der Waals surface area contributed by atoms with Crippen molar-refractivity contribution in [3.63, 3.8) is 0 Å². The maximum Gasteiger partial charge on any atom is 0.252 e. The number of aromatic amines is 1. The number of nitrogens with zero attached hydrogens (tertiary/aromatic N) is 2. The zero-order valence-electron chi connectivity index (χ0n) is 11.0. The molecule has 1 heterocycles. The summed E-state index contributed by atoms with van der Waals surface area (Å²) in [6.45, 7) is -0.0553. The van der Waals surface area contributed by atoms with Crippen LogP contribution in [0.3, 0.4) is 0 Å². The van der Waals surface area contributed by atoms with E-state index in [1.807, 2.05) is 0 Å². The summed E-state index contributed by atoms with van der Waals surface area (Å²) in [6, 6.07) is 3.83. The summed E-state index contributed by atoms with van der Waals surface area (Å²) in [6.07, 6.45) is 1.27. The quantitative estimate of drug-likeness (QED) is 0.650. The third-order valence-electron chi connectivity index (χ3n) is 2.64. The third kappa shape index (κ3) is 3.35. The van der Waals surface area contributed by atoms with Crippen LogP contribution in [-0.2, 0) is 16.6 Å². The van der Waals surface area contributed by atoms with E-state index in [9.17, 15) is 13.2 Å². The van der Waals surface area contributed by atoms with Crippen LogP contribution in [0.4, 0.5) is 0 Å². The van der Waals surface area contributed by atoms with Gasteiger partial charge in [0.25, 0.3) is 5.91 Å². The molecule has 1 aromatic carbocycles. The summed E-state index contributed by atoms with van der Waals surface area (Å²) >= 11 is 0. The molecule has 0 radical (unpaired) electrons. The molecule has 2 rings (SSSR count). The van der Waals surface area contributed by atoms with Crippen LogP contribution in [0.25, 0.3) is 0 Å². The minimum absolute atomic E-state index is 0.0139. The van der Waals surface area contributed by atoms with Gasteiger partial charge in [-0.05, 0) is 18.2 Å². The number of nitrogens with two attached hydrogens (primary N) is 1. The smallest absolute Gasteiger partial charge is 0.252 e. The SMILES string of the molecule is COc1ccc(S(=O)(=O)NCc2ncn[nH]2)cc1C(N)=O. The first-order chi connectivity index (χ1) is 9.94. The summed E-state index contributed by atoms with van der Waals surface area (Å²) in [4.78, 5) is 15.0. The van der Waals surface area contributed by atoms with E-state index in [0.717, 1.165) is 6.07 Å². The Morgan fingerprint density at radius 2 is 2.24 bits per heavy atom. The van der Waals surface area contributed by atoms with Crippen LogP contribution >= 0.6 is 0 Å². The van der Waals surface area contributed by atoms with E-state index < -0.39 is 15.9 Å². The van der Waals surface area contributed by atoms with E-state index in [2.05, 4.69) is 19.9 Å². The van der Waals surface area contributed by atoms with E-state index in [1.54, 1.807) is 0 Å². The van der Waals surface area contributed by atoms with Crippen LogP contribution < -0.4 is 15.2 Å². The molecule has 112 valence electrons. The third-order valence-corrected chi connectivity index (χ3v) is 4.04. The topological polar surface area (TPSA) is 140 Å². The molecule has 0 unspecified atom stereocenters. The molecule has 0 spiro atoms. The number of methoxy groups -OCH3 is 1. The van der Waals surface area contributed by atoms with Crippen LogP contribution in [0.5, 0.6) is 5.75 Å². The molecular weight excluding hydrogens is 298 g/mol. The number of carbonyl (C=O) groups excluding carboxylic acids is 1. The predicted octanol–water partition coefficient (Wildman–Crippen LogP) is -0.609. The monoisotopic (exact) mass is 311 g/mol. The lowest BCUT2D eigenvalue weighted by molar-refractivity contribution is 0.0997. The Hall–Kier alpha value is -2.46. The number of hydrogen-bond acceptors (Lipinski definition) is 6. The average Bonchev–Trinajstić information content (AvgIpc) is 2.97. The highest BCUT2D eigenvalue weighted by molar-refractivity contribution is 7.89. The van der Waals surface area contributed by atoms with Crippen LogP contribution in [0.2, 0.25) is 0 Å². The van der Waals surface area contributed by atoms with Gasteiger partial charge in [0.15, 0.2) is 0 Å². The number of amides is 1. The molecule has 9 nitrogen and oxygen atoms in total. The molecule has 2 aromatic rings. The molecular formula is C11H13N5O4S.